The first-order valence-corrected chi connectivity index (χ1v) is 21.7. The molecule has 0 unspecified atom stereocenters. The summed E-state index contributed by atoms with van der Waals surface area (Å²) in [6, 6.07) is 26.6. The molecule has 4 aromatic rings. The van der Waals surface area contributed by atoms with Crippen LogP contribution in [0.15, 0.2) is 96.2 Å². The van der Waals surface area contributed by atoms with Crippen molar-refractivity contribution in [2.24, 2.45) is 0 Å². The van der Waals surface area contributed by atoms with E-state index in [1.807, 2.05) is 36.9 Å². The molecule has 2 fully saturated rings. The van der Waals surface area contributed by atoms with Gasteiger partial charge in [-0.3, -0.25) is 9.69 Å². The monoisotopic (exact) mass is 773 g/mol. The van der Waals surface area contributed by atoms with Gasteiger partial charge in [-0.2, -0.15) is 0 Å². The zero-order valence-corrected chi connectivity index (χ0v) is 32.9. The third-order valence-electron chi connectivity index (χ3n) is 10.9. The van der Waals surface area contributed by atoms with E-state index in [-0.39, 0.29) is 35.2 Å². The lowest BCUT2D eigenvalue weighted by molar-refractivity contribution is 0.0170. The summed E-state index contributed by atoms with van der Waals surface area (Å²) in [5.74, 6) is -0.352. The lowest BCUT2D eigenvalue weighted by Gasteiger charge is -2.50. The number of hydrogen-bond donors (Lipinski definition) is 2. The van der Waals surface area contributed by atoms with Crippen LogP contribution in [0.4, 0.5) is 5.69 Å². The maximum Gasteiger partial charge on any atom is 0.257 e. The molecule has 0 bridgehead atoms. The molecule has 6 rings (SSSR count). The summed E-state index contributed by atoms with van der Waals surface area (Å²) in [6.07, 6.45) is 5.34. The second kappa shape index (κ2) is 17.1. The van der Waals surface area contributed by atoms with Gasteiger partial charge in [0, 0.05) is 63.1 Å². The predicted octanol–water partition coefficient (Wildman–Crippen LogP) is 4.66. The van der Waals surface area contributed by atoms with Crippen LogP contribution in [0, 0.1) is 13.8 Å². The van der Waals surface area contributed by atoms with E-state index in [9.17, 15) is 21.6 Å². The molecule has 2 aliphatic heterocycles. The molecule has 2 saturated heterocycles. The number of nitrogens with one attached hydrogen (secondary N) is 2. The third-order valence-corrected chi connectivity index (χ3v) is 13.7. The first kappa shape index (κ1) is 39.5. The Balaban J connectivity index is 1.04. The van der Waals surface area contributed by atoms with Crippen molar-refractivity contribution in [3.05, 3.63) is 119 Å². The van der Waals surface area contributed by atoms with Crippen LogP contribution in [0.25, 0.3) is 0 Å². The van der Waals surface area contributed by atoms with Crippen LogP contribution in [0.2, 0.25) is 0 Å². The molecular formula is C40H51N7O5S2. The average molecular weight is 774 g/mol. The third kappa shape index (κ3) is 9.71. The molecule has 1 amide bonds. The maximum atomic E-state index is 13.4. The summed E-state index contributed by atoms with van der Waals surface area (Å²) in [7, 11) is -7.52. The van der Waals surface area contributed by atoms with E-state index < -0.39 is 20.0 Å². The van der Waals surface area contributed by atoms with Crippen molar-refractivity contribution in [3.8, 4) is 0 Å². The SMILES string of the molecule is Cc1ncnc(C)c1C(=O)N1CCC(C)(N2CCC(N(Cc3ccccc3)c3ccc(CNS(=O)(=O)CCNS(=O)(=O)c4ccccc4)cc3)CC2)CC1. The fourth-order valence-corrected chi connectivity index (χ4v) is 9.64. The fourth-order valence-electron chi connectivity index (χ4n) is 7.56. The molecule has 0 spiro atoms. The number of carbonyl (C=O) groups excluding carboxylic acids is 1. The van der Waals surface area contributed by atoms with Crippen molar-refractivity contribution in [2.75, 3.05) is 43.4 Å². The first-order chi connectivity index (χ1) is 25.8. The molecule has 0 saturated carbocycles. The molecule has 14 heteroatoms. The van der Waals surface area contributed by atoms with E-state index in [0.29, 0.717) is 24.7 Å². The fraction of sp³-hybridized carbons (Fsp3) is 0.425. The van der Waals surface area contributed by atoms with Crippen molar-refractivity contribution < 1.29 is 21.6 Å². The van der Waals surface area contributed by atoms with Crippen LogP contribution >= 0.6 is 0 Å². The van der Waals surface area contributed by atoms with Crippen LogP contribution in [-0.4, -0.2) is 92.6 Å². The summed E-state index contributed by atoms with van der Waals surface area (Å²) >= 11 is 0. The molecule has 1 aromatic heterocycles. The smallest absolute Gasteiger partial charge is 0.257 e. The topological polar surface area (TPSA) is 145 Å². The highest BCUT2D eigenvalue weighted by Crippen LogP contribution is 2.34. The lowest BCUT2D eigenvalue weighted by Crippen LogP contribution is -2.58. The second-order valence-electron chi connectivity index (χ2n) is 14.6. The highest BCUT2D eigenvalue weighted by atomic mass is 32.2. The molecule has 3 heterocycles. The summed E-state index contributed by atoms with van der Waals surface area (Å²) in [5.41, 5.74) is 5.20. The summed E-state index contributed by atoms with van der Waals surface area (Å²) in [4.78, 5) is 29.1. The Kier molecular flexibility index (Phi) is 12.5. The number of nitrogens with zero attached hydrogens (tertiary/aromatic N) is 5. The first-order valence-electron chi connectivity index (χ1n) is 18.6. The van der Waals surface area contributed by atoms with Gasteiger partial charge in [0.1, 0.15) is 6.33 Å². The van der Waals surface area contributed by atoms with Gasteiger partial charge >= 0.3 is 0 Å². The highest BCUT2D eigenvalue weighted by Gasteiger charge is 2.40. The maximum absolute atomic E-state index is 13.4. The number of sulfonamides is 2. The number of hydrogen-bond acceptors (Lipinski definition) is 9. The Hall–Kier alpha value is -4.21. The number of carbonyl (C=O) groups is 1. The molecule has 0 radical (unpaired) electrons. The Morgan fingerprint density at radius 2 is 1.39 bits per heavy atom. The molecule has 0 atom stereocenters. The number of rotatable bonds is 14. The molecular weight excluding hydrogens is 723 g/mol. The second-order valence-corrected chi connectivity index (χ2v) is 18.3. The molecule has 288 valence electrons. The van der Waals surface area contributed by atoms with Crippen molar-refractivity contribution in [3.63, 3.8) is 0 Å². The lowest BCUT2D eigenvalue weighted by atomic mass is 9.85. The summed E-state index contributed by atoms with van der Waals surface area (Å²) < 4.78 is 55.3. The van der Waals surface area contributed by atoms with Gasteiger partial charge in [-0.25, -0.2) is 36.2 Å². The van der Waals surface area contributed by atoms with Gasteiger partial charge in [0.25, 0.3) is 5.91 Å². The summed E-state index contributed by atoms with van der Waals surface area (Å²) in [5, 5.41) is 0. The molecule has 2 N–H and O–H groups in total. The predicted molar refractivity (Wildman–Crippen MR) is 211 cm³/mol. The summed E-state index contributed by atoms with van der Waals surface area (Å²) in [6.45, 7) is 10.0. The number of aromatic nitrogens is 2. The Bertz CT molecular complexity index is 2070. The molecule has 2 aliphatic rings. The number of likely N-dealkylation sites (tertiary alicyclic amines) is 2. The van der Waals surface area contributed by atoms with Crippen LogP contribution in [-0.2, 0) is 33.1 Å². The normalized spacial score (nSPS) is 17.0. The van der Waals surface area contributed by atoms with Crippen molar-refractivity contribution in [2.45, 2.75) is 76.0 Å². The van der Waals surface area contributed by atoms with E-state index in [2.05, 4.69) is 72.5 Å². The minimum atomic E-state index is -3.79. The van der Waals surface area contributed by atoms with Crippen LogP contribution in [0.5, 0.6) is 0 Å². The minimum Gasteiger partial charge on any atom is -0.364 e. The number of benzene rings is 3. The molecule has 12 nitrogen and oxygen atoms in total. The Labute approximate surface area is 320 Å². The minimum absolute atomic E-state index is 0.0183. The number of amides is 1. The van der Waals surface area contributed by atoms with E-state index >= 15 is 0 Å². The number of anilines is 1. The van der Waals surface area contributed by atoms with E-state index in [1.54, 1.807) is 18.2 Å². The van der Waals surface area contributed by atoms with E-state index in [1.165, 1.54) is 24.0 Å². The van der Waals surface area contributed by atoms with Gasteiger partial charge in [-0.15, -0.1) is 0 Å². The largest absolute Gasteiger partial charge is 0.364 e. The molecule has 54 heavy (non-hydrogen) atoms. The van der Waals surface area contributed by atoms with Crippen LogP contribution in [0.1, 0.15) is 65.5 Å². The van der Waals surface area contributed by atoms with Gasteiger partial charge in [0.2, 0.25) is 20.0 Å². The zero-order valence-electron chi connectivity index (χ0n) is 31.3. The number of piperidine rings is 2. The number of aryl methyl sites for hydroxylation is 2. The highest BCUT2D eigenvalue weighted by molar-refractivity contribution is 7.90. The molecule has 0 aliphatic carbocycles. The standard InChI is InChI=1S/C40H51N7O5S2/c1-31-38(32(2)42-30-41-31)39(48)45-25-20-40(3,21-26-45)46-23-18-36(19-24-46)47(29-34-10-6-4-7-11-34)35-16-14-33(15-17-35)28-44-53(49,50)27-22-43-54(51,52)37-12-8-5-9-13-37/h4-17,30,36,43-44H,18-29H2,1-3H3. The van der Waals surface area contributed by atoms with Gasteiger partial charge in [-0.05, 0) is 81.8 Å². The van der Waals surface area contributed by atoms with E-state index in [4.69, 9.17) is 0 Å². The van der Waals surface area contributed by atoms with Crippen LogP contribution < -0.4 is 14.3 Å². The molecule has 3 aromatic carbocycles. The van der Waals surface area contributed by atoms with Gasteiger partial charge in [0.05, 0.1) is 27.6 Å². The average Bonchev–Trinajstić information content (AvgIpc) is 3.17. The van der Waals surface area contributed by atoms with Crippen molar-refractivity contribution >= 4 is 31.6 Å². The Morgan fingerprint density at radius 1 is 0.796 bits per heavy atom. The van der Waals surface area contributed by atoms with Gasteiger partial charge in [0.15, 0.2) is 0 Å². The van der Waals surface area contributed by atoms with E-state index in [0.717, 1.165) is 68.0 Å². The quantitative estimate of drug-likeness (QED) is 0.187. The Morgan fingerprint density at radius 3 is 2.00 bits per heavy atom. The van der Waals surface area contributed by atoms with Gasteiger partial charge < -0.3 is 9.80 Å². The van der Waals surface area contributed by atoms with Crippen LogP contribution in [0.3, 0.4) is 0 Å². The van der Waals surface area contributed by atoms with Crippen molar-refractivity contribution in [1.82, 2.24) is 29.2 Å². The van der Waals surface area contributed by atoms with Crippen molar-refractivity contribution in [1.29, 1.82) is 0 Å². The van der Waals surface area contributed by atoms with Gasteiger partial charge in [-0.1, -0.05) is 60.7 Å². The zero-order chi connectivity index (χ0) is 38.3.